The van der Waals surface area contributed by atoms with Gasteiger partial charge in [0.2, 0.25) is 0 Å². The maximum absolute atomic E-state index is 10.6. The van der Waals surface area contributed by atoms with E-state index in [-0.39, 0.29) is 11.5 Å². The molecule has 0 bridgehead atoms. The van der Waals surface area contributed by atoms with Crippen molar-refractivity contribution in [2.75, 3.05) is 0 Å². The van der Waals surface area contributed by atoms with Crippen LogP contribution >= 0.6 is 0 Å². The van der Waals surface area contributed by atoms with E-state index in [1.54, 1.807) is 11.1 Å². The fourth-order valence-electron chi connectivity index (χ4n) is 7.11. The minimum atomic E-state index is -0.124. The molecule has 1 aromatic carbocycles. The monoisotopic (exact) mass is 312 g/mol. The zero-order valence-corrected chi connectivity index (χ0v) is 15.2. The Morgan fingerprint density at radius 3 is 2.43 bits per heavy atom. The Labute approximate surface area is 141 Å². The Morgan fingerprint density at radius 1 is 0.913 bits per heavy atom. The maximum Gasteiger partial charge on any atom is 0.0594 e. The van der Waals surface area contributed by atoms with Crippen LogP contribution in [0.2, 0.25) is 0 Å². The molecule has 0 aromatic heterocycles. The second kappa shape index (κ2) is 4.85. The van der Waals surface area contributed by atoms with Gasteiger partial charge in [-0.2, -0.15) is 0 Å². The topological polar surface area (TPSA) is 20.2 Å². The van der Waals surface area contributed by atoms with E-state index in [1.807, 2.05) is 0 Å². The second-order valence-electron chi connectivity index (χ2n) is 9.64. The van der Waals surface area contributed by atoms with Crippen LogP contribution in [-0.2, 0) is 11.8 Å². The average Bonchev–Trinajstić information content (AvgIpc) is 2.51. The lowest BCUT2D eigenvalue weighted by atomic mass is 9.40. The fraction of sp³-hybridized carbons (Fsp3) is 0.727. The molecule has 5 atom stereocenters. The van der Waals surface area contributed by atoms with Gasteiger partial charge in [0.05, 0.1) is 6.10 Å². The van der Waals surface area contributed by atoms with E-state index in [0.29, 0.717) is 16.7 Å². The summed E-state index contributed by atoms with van der Waals surface area (Å²) in [6, 6.07) is 9.18. The normalized spacial score (nSPS) is 44.8. The van der Waals surface area contributed by atoms with Crippen LogP contribution in [0.1, 0.15) is 70.9 Å². The van der Waals surface area contributed by atoms with Crippen molar-refractivity contribution < 1.29 is 5.11 Å². The molecule has 126 valence electrons. The van der Waals surface area contributed by atoms with Gasteiger partial charge < -0.3 is 5.11 Å². The molecule has 0 unspecified atom stereocenters. The average molecular weight is 312 g/mol. The van der Waals surface area contributed by atoms with Crippen LogP contribution in [-0.4, -0.2) is 11.2 Å². The Kier molecular flexibility index (Phi) is 3.31. The summed E-state index contributed by atoms with van der Waals surface area (Å²) in [6.45, 7) is 9.73. The van der Waals surface area contributed by atoms with Crippen LogP contribution in [0.5, 0.6) is 0 Å². The molecule has 1 N–H and O–H groups in total. The third kappa shape index (κ3) is 1.95. The zero-order chi connectivity index (χ0) is 16.5. The van der Waals surface area contributed by atoms with Gasteiger partial charge in [-0.05, 0) is 77.7 Å². The van der Waals surface area contributed by atoms with E-state index in [9.17, 15) is 5.11 Å². The van der Waals surface area contributed by atoms with E-state index >= 15 is 0 Å². The number of aryl methyl sites for hydroxylation is 1. The first-order chi connectivity index (χ1) is 10.8. The lowest BCUT2D eigenvalue weighted by Gasteiger charge is -2.65. The molecule has 0 aliphatic heterocycles. The number of hydrogen-bond donors (Lipinski definition) is 1. The molecule has 2 fully saturated rings. The van der Waals surface area contributed by atoms with Gasteiger partial charge in [-0.1, -0.05) is 52.0 Å². The smallest absolute Gasteiger partial charge is 0.0594 e. The lowest BCUT2D eigenvalue weighted by molar-refractivity contribution is -0.158. The molecule has 1 aromatic rings. The first kappa shape index (κ1) is 15.7. The van der Waals surface area contributed by atoms with Crippen LogP contribution in [0.3, 0.4) is 0 Å². The van der Waals surface area contributed by atoms with Crippen molar-refractivity contribution in [3.63, 3.8) is 0 Å². The molecule has 3 aliphatic rings. The molecule has 2 saturated carbocycles. The van der Waals surface area contributed by atoms with Gasteiger partial charge in [-0.3, -0.25) is 0 Å². The predicted molar refractivity (Wildman–Crippen MR) is 95.5 cm³/mol. The quantitative estimate of drug-likeness (QED) is 0.706. The second-order valence-corrected chi connectivity index (χ2v) is 9.64. The summed E-state index contributed by atoms with van der Waals surface area (Å²) < 4.78 is 0. The molecule has 23 heavy (non-hydrogen) atoms. The Bertz CT molecular complexity index is 618. The van der Waals surface area contributed by atoms with Crippen LogP contribution < -0.4 is 0 Å². The number of aliphatic hydroxyl groups is 1. The molecule has 0 radical (unpaired) electrons. The van der Waals surface area contributed by atoms with Crippen molar-refractivity contribution in [2.24, 2.45) is 22.7 Å². The Hall–Kier alpha value is -0.820. The summed E-state index contributed by atoms with van der Waals surface area (Å²) in [6.07, 6.45) is 7.17. The summed E-state index contributed by atoms with van der Waals surface area (Å²) in [5.74, 6) is 1.41. The van der Waals surface area contributed by atoms with Crippen molar-refractivity contribution in [1.82, 2.24) is 0 Å². The van der Waals surface area contributed by atoms with Gasteiger partial charge in [0, 0.05) is 0 Å². The van der Waals surface area contributed by atoms with E-state index in [4.69, 9.17) is 0 Å². The molecule has 0 spiro atoms. The van der Waals surface area contributed by atoms with Crippen molar-refractivity contribution >= 4 is 0 Å². The predicted octanol–water partition coefficient (Wildman–Crippen LogP) is 5.10. The summed E-state index contributed by atoms with van der Waals surface area (Å²) in [5.41, 5.74) is 3.98. The number of aliphatic hydroxyl groups excluding tert-OH is 1. The van der Waals surface area contributed by atoms with Gasteiger partial charge in [-0.25, -0.2) is 0 Å². The molecule has 4 rings (SSSR count). The first-order valence-corrected chi connectivity index (χ1v) is 9.56. The zero-order valence-electron chi connectivity index (χ0n) is 15.2. The Morgan fingerprint density at radius 2 is 1.65 bits per heavy atom. The highest BCUT2D eigenvalue weighted by atomic mass is 16.3. The standard InChI is InChI=1S/C22H32O/c1-20(2)17-11-13-21(3)16-8-6-5-7-15(16)9-10-18(21)22(17,4)14-12-19(20)23/h5-8,17-19,23H,9-14H2,1-4H3/t17-,18-,19-,21-,22-/m1/s1. The van der Waals surface area contributed by atoms with Crippen LogP contribution in [0, 0.1) is 22.7 Å². The number of rotatable bonds is 0. The van der Waals surface area contributed by atoms with Gasteiger partial charge >= 0.3 is 0 Å². The number of hydrogen-bond acceptors (Lipinski definition) is 1. The van der Waals surface area contributed by atoms with E-state index in [0.717, 1.165) is 12.3 Å². The van der Waals surface area contributed by atoms with Crippen LogP contribution in [0.15, 0.2) is 24.3 Å². The number of benzene rings is 1. The molecule has 0 amide bonds. The minimum absolute atomic E-state index is 0.0608. The SMILES string of the molecule is CC1(C)[C@H](O)CC[C@]2(C)[C@@H]1CC[C@]1(C)c3ccccc3CC[C@@H]21. The molecule has 1 nitrogen and oxygen atoms in total. The van der Waals surface area contributed by atoms with Gasteiger partial charge in [0.1, 0.15) is 0 Å². The minimum Gasteiger partial charge on any atom is -0.393 e. The molecule has 0 saturated heterocycles. The van der Waals surface area contributed by atoms with Crippen molar-refractivity contribution in [3.05, 3.63) is 35.4 Å². The van der Waals surface area contributed by atoms with Crippen molar-refractivity contribution in [1.29, 1.82) is 0 Å². The molecular weight excluding hydrogens is 280 g/mol. The third-order valence-electron chi connectivity index (χ3n) is 8.36. The molecule has 3 aliphatic carbocycles. The molecule has 1 heteroatoms. The van der Waals surface area contributed by atoms with Crippen molar-refractivity contribution in [2.45, 2.75) is 77.7 Å². The molecule has 0 heterocycles. The summed E-state index contributed by atoms with van der Waals surface area (Å²) >= 11 is 0. The third-order valence-corrected chi connectivity index (χ3v) is 8.36. The maximum atomic E-state index is 10.6. The highest BCUT2D eigenvalue weighted by molar-refractivity contribution is 5.39. The summed E-state index contributed by atoms with van der Waals surface area (Å²) in [7, 11) is 0. The highest BCUT2D eigenvalue weighted by Gasteiger charge is 2.61. The highest BCUT2D eigenvalue weighted by Crippen LogP contribution is 2.66. The van der Waals surface area contributed by atoms with E-state index in [1.165, 1.54) is 32.1 Å². The van der Waals surface area contributed by atoms with E-state index < -0.39 is 0 Å². The summed E-state index contributed by atoms with van der Waals surface area (Å²) in [4.78, 5) is 0. The molecular formula is C22H32O. The van der Waals surface area contributed by atoms with Gasteiger partial charge in [0.15, 0.2) is 0 Å². The summed E-state index contributed by atoms with van der Waals surface area (Å²) in [5, 5.41) is 10.6. The van der Waals surface area contributed by atoms with Crippen molar-refractivity contribution in [3.8, 4) is 0 Å². The largest absolute Gasteiger partial charge is 0.393 e. The first-order valence-electron chi connectivity index (χ1n) is 9.56. The van der Waals surface area contributed by atoms with Gasteiger partial charge in [-0.15, -0.1) is 0 Å². The van der Waals surface area contributed by atoms with Gasteiger partial charge in [0.25, 0.3) is 0 Å². The van der Waals surface area contributed by atoms with E-state index in [2.05, 4.69) is 52.0 Å². The number of fused-ring (bicyclic) bond motifs is 5. The lowest BCUT2D eigenvalue weighted by Crippen LogP contribution is -2.60. The Balaban J connectivity index is 1.80. The van der Waals surface area contributed by atoms with Crippen LogP contribution in [0.25, 0.3) is 0 Å². The van der Waals surface area contributed by atoms with Crippen LogP contribution in [0.4, 0.5) is 0 Å². The fourth-order valence-corrected chi connectivity index (χ4v) is 7.11.